The minimum absolute atomic E-state index is 0.0431. The van der Waals surface area contributed by atoms with Gasteiger partial charge in [0.2, 0.25) is 0 Å². The van der Waals surface area contributed by atoms with Crippen molar-refractivity contribution in [1.29, 1.82) is 0 Å². The lowest BCUT2D eigenvalue weighted by Crippen LogP contribution is -2.36. The topological polar surface area (TPSA) is 18.5 Å². The Morgan fingerprint density at radius 3 is 2.43 bits per heavy atom. The molecule has 0 bridgehead atoms. The van der Waals surface area contributed by atoms with E-state index in [1.807, 2.05) is 0 Å². The average Bonchev–Trinajstić information content (AvgIpc) is 2.40. The van der Waals surface area contributed by atoms with E-state index in [2.05, 4.69) is 20.8 Å². The lowest BCUT2D eigenvalue weighted by molar-refractivity contribution is -0.0416. The molecule has 3 heteroatoms. The molecule has 2 nitrogen and oxygen atoms in total. The van der Waals surface area contributed by atoms with Crippen LogP contribution in [0.4, 0.5) is 0 Å². The minimum atomic E-state index is -0.263. The monoisotopic (exact) mass is 196 g/mol. The molecule has 0 aromatic heterocycles. The maximum Gasteiger partial charge on any atom is 0.112 e. The lowest BCUT2D eigenvalue weighted by Gasteiger charge is -2.32. The second kappa shape index (κ2) is 4.67. The largest absolute Gasteiger partial charge is 0.379 e. The van der Waals surface area contributed by atoms with Gasteiger partial charge in [0.25, 0.3) is 0 Å². The third kappa shape index (κ3) is 1.85. The summed E-state index contributed by atoms with van der Waals surface area (Å²) >= 11 is 0. The number of hydrogen-bond donors (Lipinski definition) is 0. The van der Waals surface area contributed by atoms with Gasteiger partial charge in [-0.15, -0.1) is 0 Å². The molecular formula is C11H21BO2. The molecule has 4 atom stereocenters. The molecule has 1 aliphatic rings. The fraction of sp³-hybridized carbons (Fsp3) is 1.00. The molecule has 0 aliphatic carbocycles. The van der Waals surface area contributed by atoms with Crippen LogP contribution in [0, 0.1) is 5.92 Å². The first-order chi connectivity index (χ1) is 6.61. The fourth-order valence-corrected chi connectivity index (χ4v) is 2.66. The van der Waals surface area contributed by atoms with Gasteiger partial charge >= 0.3 is 0 Å². The van der Waals surface area contributed by atoms with Crippen molar-refractivity contribution < 1.29 is 9.47 Å². The summed E-state index contributed by atoms with van der Waals surface area (Å²) < 4.78 is 11.3. The van der Waals surface area contributed by atoms with Crippen molar-refractivity contribution in [2.45, 2.75) is 57.7 Å². The molecule has 80 valence electrons. The van der Waals surface area contributed by atoms with Gasteiger partial charge in [-0.3, -0.25) is 0 Å². The van der Waals surface area contributed by atoms with Gasteiger partial charge in [-0.25, -0.2) is 0 Å². The highest BCUT2D eigenvalue weighted by molar-refractivity contribution is 6.11. The highest BCUT2D eigenvalue weighted by Crippen LogP contribution is 2.42. The smallest absolute Gasteiger partial charge is 0.112 e. The van der Waals surface area contributed by atoms with Crippen LogP contribution in [-0.4, -0.2) is 32.7 Å². The Balaban J connectivity index is 2.79. The number of rotatable bonds is 4. The standard InChI is InChI=1S/C11H21BO2/c1-5-7-11(6-2)8(3)9(13-4)10(12)14-11/h8-10H,5-7H2,1-4H3/t8?,9-,10+,11-/m0/s1. The van der Waals surface area contributed by atoms with Crippen LogP contribution >= 0.6 is 0 Å². The zero-order valence-corrected chi connectivity index (χ0v) is 9.75. The molecule has 0 aromatic carbocycles. The molecule has 0 aromatic rings. The van der Waals surface area contributed by atoms with E-state index in [0.717, 1.165) is 19.3 Å². The Bertz CT molecular complexity index is 186. The summed E-state index contributed by atoms with van der Waals surface area (Å²) in [6, 6.07) is -0.263. The van der Waals surface area contributed by atoms with Crippen LogP contribution in [0.1, 0.15) is 40.0 Å². The van der Waals surface area contributed by atoms with Crippen LogP contribution in [0.3, 0.4) is 0 Å². The molecular weight excluding hydrogens is 175 g/mol. The van der Waals surface area contributed by atoms with Crippen LogP contribution in [-0.2, 0) is 9.47 Å². The summed E-state index contributed by atoms with van der Waals surface area (Å²) in [6.45, 7) is 6.52. The molecule has 1 aliphatic heterocycles. The van der Waals surface area contributed by atoms with E-state index in [9.17, 15) is 0 Å². The van der Waals surface area contributed by atoms with Gasteiger partial charge in [0.15, 0.2) is 0 Å². The summed E-state index contributed by atoms with van der Waals surface area (Å²) in [6.07, 6.45) is 3.25. The van der Waals surface area contributed by atoms with E-state index < -0.39 is 0 Å². The molecule has 1 fully saturated rings. The molecule has 1 unspecified atom stereocenters. The van der Waals surface area contributed by atoms with Crippen molar-refractivity contribution in [3.05, 3.63) is 0 Å². The van der Waals surface area contributed by atoms with E-state index >= 15 is 0 Å². The van der Waals surface area contributed by atoms with Crippen LogP contribution in [0.5, 0.6) is 0 Å². The van der Waals surface area contributed by atoms with Crippen LogP contribution in [0.25, 0.3) is 0 Å². The van der Waals surface area contributed by atoms with Crippen molar-refractivity contribution in [3.63, 3.8) is 0 Å². The first kappa shape index (κ1) is 12.1. The summed E-state index contributed by atoms with van der Waals surface area (Å²) in [7, 11) is 7.62. The van der Waals surface area contributed by atoms with Gasteiger partial charge in [0.1, 0.15) is 7.85 Å². The predicted molar refractivity (Wildman–Crippen MR) is 58.5 cm³/mol. The van der Waals surface area contributed by atoms with Gasteiger partial charge in [-0.1, -0.05) is 27.2 Å². The van der Waals surface area contributed by atoms with Gasteiger partial charge in [-0.2, -0.15) is 0 Å². The maximum atomic E-state index is 5.91. The second-order valence-electron chi connectivity index (χ2n) is 4.24. The van der Waals surface area contributed by atoms with Crippen molar-refractivity contribution in [3.8, 4) is 0 Å². The Morgan fingerprint density at radius 2 is 2.07 bits per heavy atom. The minimum Gasteiger partial charge on any atom is -0.379 e. The van der Waals surface area contributed by atoms with E-state index in [0.29, 0.717) is 5.92 Å². The van der Waals surface area contributed by atoms with E-state index in [-0.39, 0.29) is 17.7 Å². The summed E-state index contributed by atoms with van der Waals surface area (Å²) in [4.78, 5) is 0. The quantitative estimate of drug-likeness (QED) is 0.641. The van der Waals surface area contributed by atoms with Gasteiger partial charge in [0.05, 0.1) is 11.7 Å². The average molecular weight is 196 g/mol. The molecule has 0 N–H and O–H groups in total. The Kier molecular flexibility index (Phi) is 4.02. The van der Waals surface area contributed by atoms with Crippen LogP contribution < -0.4 is 0 Å². The lowest BCUT2D eigenvalue weighted by atomic mass is 9.79. The zero-order chi connectivity index (χ0) is 10.8. The van der Waals surface area contributed by atoms with E-state index in [4.69, 9.17) is 17.3 Å². The molecule has 0 saturated carbocycles. The second-order valence-corrected chi connectivity index (χ2v) is 4.24. The van der Waals surface area contributed by atoms with Crippen molar-refractivity contribution in [2.24, 2.45) is 5.92 Å². The molecule has 0 amide bonds. The summed E-state index contributed by atoms with van der Waals surface area (Å²) in [5.41, 5.74) is -0.0607. The van der Waals surface area contributed by atoms with Crippen molar-refractivity contribution in [1.82, 2.24) is 0 Å². The van der Waals surface area contributed by atoms with Crippen molar-refractivity contribution >= 4 is 7.85 Å². The first-order valence-electron chi connectivity index (χ1n) is 5.57. The predicted octanol–water partition coefficient (Wildman–Crippen LogP) is 2.11. The summed E-state index contributed by atoms with van der Waals surface area (Å²) in [5.74, 6) is 0.382. The van der Waals surface area contributed by atoms with Gasteiger partial charge < -0.3 is 9.47 Å². The molecule has 1 saturated heterocycles. The highest BCUT2D eigenvalue weighted by atomic mass is 16.6. The maximum absolute atomic E-state index is 5.91. The van der Waals surface area contributed by atoms with E-state index in [1.54, 1.807) is 7.11 Å². The van der Waals surface area contributed by atoms with E-state index in [1.165, 1.54) is 0 Å². The fourth-order valence-electron chi connectivity index (χ4n) is 2.66. The summed E-state index contributed by atoms with van der Waals surface area (Å²) in [5, 5.41) is 0. The SMILES string of the molecule is [B][C@@H]1O[C@@](CC)(CCC)C(C)[C@@H]1OC. The molecule has 1 rings (SSSR count). The van der Waals surface area contributed by atoms with Crippen LogP contribution in [0.15, 0.2) is 0 Å². The zero-order valence-electron chi connectivity index (χ0n) is 9.75. The number of methoxy groups -OCH3 is 1. The number of ether oxygens (including phenoxy) is 2. The Morgan fingerprint density at radius 1 is 1.43 bits per heavy atom. The third-order valence-corrected chi connectivity index (χ3v) is 3.56. The van der Waals surface area contributed by atoms with Crippen molar-refractivity contribution in [2.75, 3.05) is 7.11 Å². The molecule has 2 radical (unpaired) electrons. The molecule has 1 heterocycles. The number of hydrogen-bond acceptors (Lipinski definition) is 2. The van der Waals surface area contributed by atoms with Crippen LogP contribution in [0.2, 0.25) is 0 Å². The Labute approximate surface area is 88.8 Å². The first-order valence-corrected chi connectivity index (χ1v) is 5.57. The molecule has 14 heavy (non-hydrogen) atoms. The highest BCUT2D eigenvalue weighted by Gasteiger charge is 2.48. The third-order valence-electron chi connectivity index (χ3n) is 3.56. The Hall–Kier alpha value is -0.0151. The molecule has 0 spiro atoms. The van der Waals surface area contributed by atoms with Gasteiger partial charge in [-0.05, 0) is 12.8 Å². The normalized spacial score (nSPS) is 43.0. The van der Waals surface area contributed by atoms with Gasteiger partial charge in [0, 0.05) is 19.0 Å².